The topological polar surface area (TPSA) is 49.3 Å². The number of carbonyl (C=O) groups is 1. The molecule has 3 heteroatoms. The first kappa shape index (κ1) is 16.2. The SMILES string of the molecule is C/C(=C/C(=O)NCC(C)(O)C(C)C)C(C)(C)C. The first-order valence-corrected chi connectivity index (χ1v) is 6.16. The number of rotatable bonds is 4. The van der Waals surface area contributed by atoms with Gasteiger partial charge in [0.1, 0.15) is 0 Å². The zero-order valence-corrected chi connectivity index (χ0v) is 12.2. The number of hydrogen-bond donors (Lipinski definition) is 2. The zero-order valence-electron chi connectivity index (χ0n) is 12.2. The Morgan fingerprint density at radius 3 is 2.12 bits per heavy atom. The van der Waals surface area contributed by atoms with Crippen molar-refractivity contribution < 1.29 is 9.90 Å². The molecule has 0 radical (unpaired) electrons. The lowest BCUT2D eigenvalue weighted by atomic mass is 9.87. The normalized spacial score (nSPS) is 16.9. The number of allylic oxidation sites excluding steroid dienone is 1. The number of amides is 1. The minimum atomic E-state index is -0.862. The Kier molecular flexibility index (Phi) is 5.40. The zero-order chi connectivity index (χ0) is 13.9. The van der Waals surface area contributed by atoms with Crippen LogP contribution in [0.25, 0.3) is 0 Å². The largest absolute Gasteiger partial charge is 0.388 e. The van der Waals surface area contributed by atoms with Gasteiger partial charge in [-0.25, -0.2) is 0 Å². The molecule has 0 aromatic rings. The van der Waals surface area contributed by atoms with Crippen LogP contribution in [0.1, 0.15) is 48.5 Å². The van der Waals surface area contributed by atoms with E-state index >= 15 is 0 Å². The minimum Gasteiger partial charge on any atom is -0.388 e. The summed E-state index contributed by atoms with van der Waals surface area (Å²) in [6, 6.07) is 0. The standard InChI is InChI=1S/C14H27NO2/c1-10(2)14(7,17)9-15-12(16)8-11(3)13(4,5)6/h8,10,17H,9H2,1-7H3,(H,15,16)/b11-8-. The van der Waals surface area contributed by atoms with E-state index in [2.05, 4.69) is 26.1 Å². The van der Waals surface area contributed by atoms with Crippen molar-refractivity contribution in [2.24, 2.45) is 11.3 Å². The molecule has 1 unspecified atom stereocenters. The van der Waals surface area contributed by atoms with Gasteiger partial charge in [0, 0.05) is 12.6 Å². The fourth-order valence-corrected chi connectivity index (χ4v) is 0.934. The molecule has 0 heterocycles. The molecule has 1 amide bonds. The van der Waals surface area contributed by atoms with Gasteiger partial charge in [0.2, 0.25) is 5.91 Å². The van der Waals surface area contributed by atoms with Crippen molar-refractivity contribution in [1.82, 2.24) is 5.32 Å². The third-order valence-electron chi connectivity index (χ3n) is 3.39. The molecule has 0 bridgehead atoms. The van der Waals surface area contributed by atoms with Crippen LogP contribution in [-0.2, 0) is 4.79 Å². The number of nitrogens with one attached hydrogen (secondary N) is 1. The van der Waals surface area contributed by atoms with Crippen molar-refractivity contribution in [3.05, 3.63) is 11.6 Å². The highest BCUT2D eigenvalue weighted by atomic mass is 16.3. The third-order valence-corrected chi connectivity index (χ3v) is 3.39. The molecule has 0 aliphatic carbocycles. The first-order valence-electron chi connectivity index (χ1n) is 6.16. The fraction of sp³-hybridized carbons (Fsp3) is 0.786. The number of hydrogen-bond acceptors (Lipinski definition) is 2. The molecule has 100 valence electrons. The molecule has 0 saturated heterocycles. The Morgan fingerprint density at radius 1 is 1.29 bits per heavy atom. The van der Waals surface area contributed by atoms with Gasteiger partial charge < -0.3 is 10.4 Å². The third kappa shape index (κ3) is 5.87. The molecule has 0 aromatic carbocycles. The molecular weight excluding hydrogens is 214 g/mol. The van der Waals surface area contributed by atoms with Crippen LogP contribution in [-0.4, -0.2) is 23.2 Å². The van der Waals surface area contributed by atoms with Gasteiger partial charge in [0.25, 0.3) is 0 Å². The van der Waals surface area contributed by atoms with Crippen LogP contribution in [0.3, 0.4) is 0 Å². The summed E-state index contributed by atoms with van der Waals surface area (Å²) in [4.78, 5) is 11.7. The maximum absolute atomic E-state index is 11.7. The maximum Gasteiger partial charge on any atom is 0.244 e. The van der Waals surface area contributed by atoms with Gasteiger partial charge >= 0.3 is 0 Å². The van der Waals surface area contributed by atoms with Gasteiger partial charge in [-0.2, -0.15) is 0 Å². The van der Waals surface area contributed by atoms with E-state index in [9.17, 15) is 9.90 Å². The van der Waals surface area contributed by atoms with E-state index in [-0.39, 0.29) is 23.8 Å². The highest BCUT2D eigenvalue weighted by Crippen LogP contribution is 2.23. The maximum atomic E-state index is 11.7. The van der Waals surface area contributed by atoms with Crippen LogP contribution in [0.4, 0.5) is 0 Å². The predicted molar refractivity (Wildman–Crippen MR) is 71.7 cm³/mol. The summed E-state index contributed by atoms with van der Waals surface area (Å²) in [5, 5.41) is 12.7. The number of carbonyl (C=O) groups excluding carboxylic acids is 1. The van der Waals surface area contributed by atoms with Crippen molar-refractivity contribution in [3.63, 3.8) is 0 Å². The van der Waals surface area contributed by atoms with E-state index in [0.717, 1.165) is 5.57 Å². The number of aliphatic hydroxyl groups is 1. The first-order chi connectivity index (χ1) is 7.47. The van der Waals surface area contributed by atoms with Crippen LogP contribution in [0.5, 0.6) is 0 Å². The Morgan fingerprint density at radius 2 is 1.76 bits per heavy atom. The summed E-state index contributed by atoms with van der Waals surface area (Å²) in [6.07, 6.45) is 1.61. The van der Waals surface area contributed by atoms with Crippen LogP contribution in [0.2, 0.25) is 0 Å². The van der Waals surface area contributed by atoms with Gasteiger partial charge in [0.15, 0.2) is 0 Å². The Labute approximate surface area is 105 Å². The molecule has 0 aliphatic heterocycles. The van der Waals surface area contributed by atoms with Crippen LogP contribution in [0, 0.1) is 11.3 Å². The Bertz CT molecular complexity index is 296. The quantitative estimate of drug-likeness (QED) is 0.743. The summed E-state index contributed by atoms with van der Waals surface area (Å²) in [5.41, 5.74) is 0.163. The minimum absolute atomic E-state index is 0.00208. The van der Waals surface area contributed by atoms with E-state index in [4.69, 9.17) is 0 Å². The average molecular weight is 241 g/mol. The lowest BCUT2D eigenvalue weighted by molar-refractivity contribution is -0.118. The Balaban J connectivity index is 4.41. The van der Waals surface area contributed by atoms with Gasteiger partial charge in [-0.3, -0.25) is 4.79 Å². The molecule has 0 fully saturated rings. The molecule has 0 aliphatic rings. The molecule has 2 N–H and O–H groups in total. The van der Waals surface area contributed by atoms with E-state index in [1.807, 2.05) is 20.8 Å². The summed E-state index contributed by atoms with van der Waals surface area (Å²) < 4.78 is 0. The molecular formula is C14H27NO2. The smallest absolute Gasteiger partial charge is 0.244 e. The van der Waals surface area contributed by atoms with Gasteiger partial charge in [-0.15, -0.1) is 0 Å². The summed E-state index contributed by atoms with van der Waals surface area (Å²) >= 11 is 0. The van der Waals surface area contributed by atoms with Crippen LogP contribution >= 0.6 is 0 Å². The van der Waals surface area contributed by atoms with Crippen molar-refractivity contribution in [2.75, 3.05) is 6.54 Å². The van der Waals surface area contributed by atoms with Crippen LogP contribution in [0.15, 0.2) is 11.6 Å². The average Bonchev–Trinajstić information content (AvgIpc) is 2.13. The lowest BCUT2D eigenvalue weighted by Crippen LogP contribution is -2.44. The molecule has 0 rings (SSSR count). The van der Waals surface area contributed by atoms with Crippen molar-refractivity contribution >= 4 is 5.91 Å². The van der Waals surface area contributed by atoms with E-state index in [1.54, 1.807) is 13.0 Å². The van der Waals surface area contributed by atoms with Gasteiger partial charge in [0.05, 0.1) is 5.60 Å². The highest BCUT2D eigenvalue weighted by Gasteiger charge is 2.25. The molecule has 1 atom stereocenters. The van der Waals surface area contributed by atoms with E-state index in [0.29, 0.717) is 0 Å². The van der Waals surface area contributed by atoms with Crippen molar-refractivity contribution in [3.8, 4) is 0 Å². The molecule has 3 nitrogen and oxygen atoms in total. The molecule has 17 heavy (non-hydrogen) atoms. The summed E-state index contributed by atoms with van der Waals surface area (Å²) in [6.45, 7) is 14.0. The monoisotopic (exact) mass is 241 g/mol. The lowest BCUT2D eigenvalue weighted by Gasteiger charge is -2.27. The molecule has 0 saturated carbocycles. The second-order valence-corrected chi connectivity index (χ2v) is 6.31. The van der Waals surface area contributed by atoms with Gasteiger partial charge in [-0.1, -0.05) is 40.2 Å². The van der Waals surface area contributed by atoms with Crippen LogP contribution < -0.4 is 5.32 Å². The second-order valence-electron chi connectivity index (χ2n) is 6.31. The van der Waals surface area contributed by atoms with E-state index < -0.39 is 5.60 Å². The Hall–Kier alpha value is -0.830. The fourth-order valence-electron chi connectivity index (χ4n) is 0.934. The summed E-state index contributed by atoms with van der Waals surface area (Å²) in [5.74, 6) is -0.0335. The van der Waals surface area contributed by atoms with E-state index in [1.165, 1.54) is 0 Å². The van der Waals surface area contributed by atoms with Gasteiger partial charge in [-0.05, 0) is 25.2 Å². The highest BCUT2D eigenvalue weighted by molar-refractivity contribution is 5.88. The molecule has 0 spiro atoms. The van der Waals surface area contributed by atoms with Crippen molar-refractivity contribution in [1.29, 1.82) is 0 Å². The molecule has 0 aromatic heterocycles. The summed E-state index contributed by atoms with van der Waals surface area (Å²) in [7, 11) is 0. The predicted octanol–water partition coefficient (Wildman–Crippen LogP) is 2.50. The van der Waals surface area contributed by atoms with Crippen molar-refractivity contribution in [2.45, 2.75) is 54.1 Å². The second kappa shape index (κ2) is 5.67.